The van der Waals surface area contributed by atoms with E-state index < -0.39 is 5.91 Å². The van der Waals surface area contributed by atoms with E-state index in [4.69, 9.17) is 9.94 Å². The third-order valence-electron chi connectivity index (χ3n) is 6.08. The molecular formula is C26H26N4O3. The third kappa shape index (κ3) is 4.66. The van der Waals surface area contributed by atoms with Crippen molar-refractivity contribution in [2.75, 3.05) is 26.3 Å². The number of benzene rings is 2. The Morgan fingerprint density at radius 2 is 1.82 bits per heavy atom. The van der Waals surface area contributed by atoms with Crippen molar-refractivity contribution in [3.8, 4) is 11.1 Å². The number of carbonyl (C=O) groups is 1. The van der Waals surface area contributed by atoms with Gasteiger partial charge in [-0.1, -0.05) is 30.3 Å². The normalized spacial score (nSPS) is 14.5. The zero-order chi connectivity index (χ0) is 22.6. The van der Waals surface area contributed by atoms with Gasteiger partial charge in [0, 0.05) is 49.5 Å². The van der Waals surface area contributed by atoms with Gasteiger partial charge in [-0.05, 0) is 52.6 Å². The van der Waals surface area contributed by atoms with Crippen LogP contribution in [0.3, 0.4) is 0 Å². The second kappa shape index (κ2) is 9.54. The molecule has 0 bridgehead atoms. The van der Waals surface area contributed by atoms with Crippen LogP contribution in [0.2, 0.25) is 0 Å². The number of fused-ring (bicyclic) bond motifs is 1. The highest BCUT2D eigenvalue weighted by Crippen LogP contribution is 2.29. The second-order valence-electron chi connectivity index (χ2n) is 8.27. The van der Waals surface area contributed by atoms with Gasteiger partial charge in [0.05, 0.1) is 13.2 Å². The fourth-order valence-corrected chi connectivity index (χ4v) is 4.35. The molecule has 0 saturated carbocycles. The minimum absolute atomic E-state index is 0.413. The zero-order valence-electron chi connectivity index (χ0n) is 18.3. The number of carbonyl (C=O) groups excluding carboxylic acids is 1. The molecule has 3 heterocycles. The minimum Gasteiger partial charge on any atom is -0.379 e. The molecule has 2 aromatic heterocycles. The standard InChI is InChI=1S/C26H26N4O3/c31-26(28-32)21-6-4-19(5-7-21)18-30-11-9-24-23(8-10-27-25(24)30)22-3-1-2-20(16-22)17-29-12-14-33-15-13-29/h1-11,16,32H,12-15,17-18H2,(H,28,31). The number of hydrogen-bond acceptors (Lipinski definition) is 5. The van der Waals surface area contributed by atoms with Gasteiger partial charge in [0.15, 0.2) is 0 Å². The molecule has 1 amide bonds. The van der Waals surface area contributed by atoms with Crippen LogP contribution in [0.5, 0.6) is 0 Å². The maximum atomic E-state index is 11.5. The predicted octanol–water partition coefficient (Wildman–Crippen LogP) is 3.70. The summed E-state index contributed by atoms with van der Waals surface area (Å²) in [6, 6.07) is 20.1. The molecule has 0 atom stereocenters. The van der Waals surface area contributed by atoms with E-state index in [2.05, 4.69) is 50.8 Å². The van der Waals surface area contributed by atoms with Crippen LogP contribution in [0.4, 0.5) is 0 Å². The maximum Gasteiger partial charge on any atom is 0.274 e. The number of amides is 1. The zero-order valence-corrected chi connectivity index (χ0v) is 18.3. The topological polar surface area (TPSA) is 79.6 Å². The number of nitrogens with zero attached hydrogens (tertiary/aromatic N) is 3. The van der Waals surface area contributed by atoms with Crippen molar-refractivity contribution in [1.82, 2.24) is 19.9 Å². The molecule has 0 spiro atoms. The molecule has 2 N–H and O–H groups in total. The van der Waals surface area contributed by atoms with Crippen molar-refractivity contribution in [2.24, 2.45) is 0 Å². The van der Waals surface area contributed by atoms with Crippen LogP contribution in [0.15, 0.2) is 73.1 Å². The van der Waals surface area contributed by atoms with Gasteiger partial charge in [0.1, 0.15) is 5.65 Å². The van der Waals surface area contributed by atoms with E-state index >= 15 is 0 Å². The number of pyridine rings is 1. The smallest absolute Gasteiger partial charge is 0.274 e. The van der Waals surface area contributed by atoms with Crippen molar-refractivity contribution in [1.29, 1.82) is 0 Å². The van der Waals surface area contributed by atoms with E-state index in [-0.39, 0.29) is 0 Å². The second-order valence-corrected chi connectivity index (χ2v) is 8.27. The molecule has 5 rings (SSSR count). The summed E-state index contributed by atoms with van der Waals surface area (Å²) in [4.78, 5) is 18.6. The first-order valence-corrected chi connectivity index (χ1v) is 11.1. The highest BCUT2D eigenvalue weighted by Gasteiger charge is 2.13. The van der Waals surface area contributed by atoms with Crippen LogP contribution >= 0.6 is 0 Å². The van der Waals surface area contributed by atoms with Gasteiger partial charge in [-0.3, -0.25) is 14.9 Å². The average Bonchev–Trinajstić information content (AvgIpc) is 3.27. The van der Waals surface area contributed by atoms with E-state index in [0.717, 1.165) is 55.0 Å². The van der Waals surface area contributed by atoms with E-state index in [1.807, 2.05) is 24.5 Å². The minimum atomic E-state index is -0.518. The molecular weight excluding hydrogens is 416 g/mol. The van der Waals surface area contributed by atoms with Gasteiger partial charge in [-0.25, -0.2) is 10.5 Å². The highest BCUT2D eigenvalue weighted by atomic mass is 16.5. The molecule has 7 nitrogen and oxygen atoms in total. The summed E-state index contributed by atoms with van der Waals surface area (Å²) in [5.41, 5.74) is 7.68. The van der Waals surface area contributed by atoms with Gasteiger partial charge >= 0.3 is 0 Å². The van der Waals surface area contributed by atoms with Crippen LogP contribution in [-0.2, 0) is 17.8 Å². The largest absolute Gasteiger partial charge is 0.379 e. The molecule has 0 radical (unpaired) electrons. The van der Waals surface area contributed by atoms with Crippen LogP contribution < -0.4 is 5.48 Å². The van der Waals surface area contributed by atoms with Crippen molar-refractivity contribution >= 4 is 16.9 Å². The third-order valence-corrected chi connectivity index (χ3v) is 6.08. The van der Waals surface area contributed by atoms with E-state index in [1.54, 1.807) is 17.6 Å². The molecule has 33 heavy (non-hydrogen) atoms. The van der Waals surface area contributed by atoms with Crippen LogP contribution in [0.1, 0.15) is 21.5 Å². The summed E-state index contributed by atoms with van der Waals surface area (Å²) in [7, 11) is 0. The van der Waals surface area contributed by atoms with Crippen LogP contribution in [0.25, 0.3) is 22.2 Å². The molecule has 7 heteroatoms. The van der Waals surface area contributed by atoms with Crippen molar-refractivity contribution < 1.29 is 14.7 Å². The molecule has 1 saturated heterocycles. The molecule has 4 aromatic rings. The van der Waals surface area contributed by atoms with Crippen LogP contribution in [0, 0.1) is 0 Å². The Hall–Kier alpha value is -3.52. The Kier molecular flexibility index (Phi) is 6.17. The number of rotatable bonds is 6. The Labute approximate surface area is 192 Å². The lowest BCUT2D eigenvalue weighted by molar-refractivity contribution is 0.0342. The van der Waals surface area contributed by atoms with Crippen molar-refractivity contribution in [3.63, 3.8) is 0 Å². The summed E-state index contributed by atoms with van der Waals surface area (Å²) in [6.07, 6.45) is 3.91. The average molecular weight is 443 g/mol. The summed E-state index contributed by atoms with van der Waals surface area (Å²) in [5.74, 6) is -0.518. The number of morpholine rings is 1. The lowest BCUT2D eigenvalue weighted by Crippen LogP contribution is -2.35. The summed E-state index contributed by atoms with van der Waals surface area (Å²) in [5, 5.41) is 9.89. The predicted molar refractivity (Wildman–Crippen MR) is 126 cm³/mol. The number of nitrogens with one attached hydrogen (secondary N) is 1. The highest BCUT2D eigenvalue weighted by molar-refractivity contribution is 5.94. The lowest BCUT2D eigenvalue weighted by Gasteiger charge is -2.26. The Morgan fingerprint density at radius 1 is 1.00 bits per heavy atom. The number of hydrogen-bond donors (Lipinski definition) is 2. The molecule has 168 valence electrons. The summed E-state index contributed by atoms with van der Waals surface area (Å²) >= 11 is 0. The van der Waals surface area contributed by atoms with Crippen LogP contribution in [-0.4, -0.2) is 51.9 Å². The molecule has 0 aliphatic carbocycles. The van der Waals surface area contributed by atoms with Gasteiger partial charge in [-0.15, -0.1) is 0 Å². The summed E-state index contributed by atoms with van der Waals surface area (Å²) < 4.78 is 7.57. The first-order chi connectivity index (χ1) is 16.2. The van der Waals surface area contributed by atoms with Gasteiger partial charge in [-0.2, -0.15) is 0 Å². The fourth-order valence-electron chi connectivity index (χ4n) is 4.35. The first-order valence-electron chi connectivity index (χ1n) is 11.1. The molecule has 1 aliphatic heterocycles. The molecule has 2 aromatic carbocycles. The van der Waals surface area contributed by atoms with Gasteiger partial charge in [0.25, 0.3) is 5.91 Å². The Morgan fingerprint density at radius 3 is 2.61 bits per heavy atom. The first kappa shape index (κ1) is 21.3. The van der Waals surface area contributed by atoms with E-state index in [1.165, 1.54) is 11.1 Å². The van der Waals surface area contributed by atoms with Crippen molar-refractivity contribution in [3.05, 3.63) is 89.7 Å². The number of aromatic nitrogens is 2. The molecule has 1 fully saturated rings. The monoisotopic (exact) mass is 442 g/mol. The van der Waals surface area contributed by atoms with E-state index in [9.17, 15) is 4.79 Å². The fraction of sp³-hybridized carbons (Fsp3) is 0.231. The Balaban J connectivity index is 1.40. The maximum absolute atomic E-state index is 11.5. The number of ether oxygens (including phenoxy) is 1. The van der Waals surface area contributed by atoms with Gasteiger partial charge in [0.2, 0.25) is 0 Å². The quantitative estimate of drug-likeness (QED) is 0.352. The van der Waals surface area contributed by atoms with Crippen molar-refractivity contribution in [2.45, 2.75) is 13.1 Å². The van der Waals surface area contributed by atoms with E-state index in [0.29, 0.717) is 12.1 Å². The molecule has 0 unspecified atom stereocenters. The summed E-state index contributed by atoms with van der Waals surface area (Å²) in [6.45, 7) is 5.11. The lowest BCUT2D eigenvalue weighted by atomic mass is 10.0. The Bertz CT molecular complexity index is 1260. The molecule has 1 aliphatic rings. The number of hydroxylamine groups is 1. The SMILES string of the molecule is O=C(NO)c1ccc(Cn2ccc3c(-c4cccc(CN5CCOCC5)c4)ccnc32)cc1. The van der Waals surface area contributed by atoms with Gasteiger partial charge < -0.3 is 9.30 Å².